The molecule has 148 valence electrons. The van der Waals surface area contributed by atoms with Gasteiger partial charge >= 0.3 is 6.18 Å². The molecule has 0 aromatic heterocycles. The third-order valence-electron chi connectivity index (χ3n) is 3.75. The number of halogens is 3. The largest absolute Gasteiger partial charge is 0.405 e. The highest BCUT2D eigenvalue weighted by atomic mass is 32.2. The fraction of sp³-hybridized carbons (Fsp3) is 0.222. The molecule has 2 aromatic carbocycles. The van der Waals surface area contributed by atoms with Crippen LogP contribution >= 0.6 is 0 Å². The molecule has 0 fully saturated rings. The number of para-hydroxylation sites is 1. The van der Waals surface area contributed by atoms with Crippen molar-refractivity contribution in [1.29, 1.82) is 5.26 Å². The molecule has 0 aliphatic carbocycles. The number of benzene rings is 2. The van der Waals surface area contributed by atoms with Crippen LogP contribution in [0.5, 0.6) is 0 Å². The van der Waals surface area contributed by atoms with Crippen LogP contribution in [0, 0.1) is 11.3 Å². The lowest BCUT2D eigenvalue weighted by atomic mass is 10.2. The molecule has 0 bridgehead atoms. The predicted octanol–water partition coefficient (Wildman–Crippen LogP) is 2.82. The first kappa shape index (κ1) is 21.2. The van der Waals surface area contributed by atoms with E-state index in [0.717, 1.165) is 4.31 Å². The van der Waals surface area contributed by atoms with Gasteiger partial charge < -0.3 is 5.32 Å². The lowest BCUT2D eigenvalue weighted by Gasteiger charge is -2.29. The highest BCUT2D eigenvalue weighted by Crippen LogP contribution is 2.26. The van der Waals surface area contributed by atoms with Crippen LogP contribution in [0.15, 0.2) is 59.5 Å². The lowest BCUT2D eigenvalue weighted by Crippen LogP contribution is -2.49. The second-order valence-electron chi connectivity index (χ2n) is 5.78. The van der Waals surface area contributed by atoms with E-state index < -0.39 is 34.7 Å². The Morgan fingerprint density at radius 1 is 1.14 bits per heavy atom. The minimum Gasteiger partial charge on any atom is -0.345 e. The number of anilines is 1. The molecule has 0 heterocycles. The number of nitrogens with one attached hydrogen (secondary N) is 1. The molecule has 10 heteroatoms. The van der Waals surface area contributed by atoms with Crippen molar-refractivity contribution < 1.29 is 26.4 Å². The first-order valence-electron chi connectivity index (χ1n) is 8.00. The van der Waals surface area contributed by atoms with Gasteiger partial charge in [0.25, 0.3) is 10.0 Å². The summed E-state index contributed by atoms with van der Waals surface area (Å²) in [6.07, 6.45) is -4.63. The molecular weight excluding hydrogens is 395 g/mol. The minimum absolute atomic E-state index is 0.113. The van der Waals surface area contributed by atoms with E-state index in [4.69, 9.17) is 5.26 Å². The molecule has 0 aliphatic heterocycles. The molecule has 2 rings (SSSR count). The summed E-state index contributed by atoms with van der Waals surface area (Å²) < 4.78 is 64.2. The summed E-state index contributed by atoms with van der Waals surface area (Å²) in [5.41, 5.74) is 0.350. The van der Waals surface area contributed by atoms with E-state index in [1.54, 1.807) is 11.4 Å². The molecular formula is C18H16F3N3O3S. The maximum Gasteiger partial charge on any atom is 0.405 e. The van der Waals surface area contributed by atoms with Gasteiger partial charge in [0.05, 0.1) is 22.2 Å². The highest BCUT2D eigenvalue weighted by Gasteiger charge is 2.35. The Labute approximate surface area is 160 Å². The van der Waals surface area contributed by atoms with Gasteiger partial charge in [0.1, 0.15) is 12.6 Å². The number of sulfonamides is 1. The number of carbonyl (C=O) groups is 1. The van der Waals surface area contributed by atoms with Crippen molar-refractivity contribution in [1.82, 2.24) is 5.32 Å². The monoisotopic (exact) mass is 411 g/mol. The van der Waals surface area contributed by atoms with Gasteiger partial charge in [0.2, 0.25) is 5.91 Å². The van der Waals surface area contributed by atoms with Crippen LogP contribution in [0.25, 0.3) is 0 Å². The molecule has 0 spiro atoms. The van der Waals surface area contributed by atoms with E-state index in [-0.39, 0.29) is 16.1 Å². The molecule has 0 aliphatic rings. The maximum absolute atomic E-state index is 13.1. The molecule has 0 saturated carbocycles. The van der Waals surface area contributed by atoms with Gasteiger partial charge in [-0.15, -0.1) is 0 Å². The summed E-state index contributed by atoms with van der Waals surface area (Å²) in [6.45, 7) is -0.379. The van der Waals surface area contributed by atoms with Crippen LogP contribution in [-0.4, -0.2) is 33.1 Å². The van der Waals surface area contributed by atoms with Gasteiger partial charge in [-0.3, -0.25) is 9.10 Å². The molecule has 28 heavy (non-hydrogen) atoms. The molecule has 1 unspecified atom stereocenters. The number of carbonyl (C=O) groups excluding carboxylic acids is 1. The van der Waals surface area contributed by atoms with Gasteiger partial charge in [-0.1, -0.05) is 18.2 Å². The summed E-state index contributed by atoms with van der Waals surface area (Å²) in [6, 6.07) is 13.0. The molecule has 1 amide bonds. The second kappa shape index (κ2) is 8.31. The quantitative estimate of drug-likeness (QED) is 0.792. The van der Waals surface area contributed by atoms with Crippen LogP contribution in [0.3, 0.4) is 0 Å². The zero-order valence-electron chi connectivity index (χ0n) is 14.6. The van der Waals surface area contributed by atoms with Crippen LogP contribution in [0.1, 0.15) is 12.5 Å². The Bertz CT molecular complexity index is 969. The van der Waals surface area contributed by atoms with Crippen molar-refractivity contribution in [2.75, 3.05) is 10.8 Å². The predicted molar refractivity (Wildman–Crippen MR) is 95.8 cm³/mol. The van der Waals surface area contributed by atoms with Crippen molar-refractivity contribution in [2.45, 2.75) is 24.0 Å². The van der Waals surface area contributed by atoms with E-state index in [2.05, 4.69) is 0 Å². The fourth-order valence-corrected chi connectivity index (χ4v) is 4.02. The Balaban J connectivity index is 2.44. The summed E-state index contributed by atoms with van der Waals surface area (Å²) in [7, 11) is -4.30. The Kier molecular flexibility index (Phi) is 6.30. The summed E-state index contributed by atoms with van der Waals surface area (Å²) in [4.78, 5) is 12.0. The summed E-state index contributed by atoms with van der Waals surface area (Å²) in [5.74, 6) is -1.10. The molecule has 1 atom stereocenters. The number of nitriles is 1. The van der Waals surface area contributed by atoms with Gasteiger partial charge in [0.15, 0.2) is 0 Å². The number of rotatable bonds is 6. The zero-order valence-corrected chi connectivity index (χ0v) is 15.5. The SMILES string of the molecule is CC(C(=O)NCC(F)(F)F)N(c1ccccc1)S(=O)(=O)c1ccc(C#N)cc1. The zero-order chi connectivity index (χ0) is 20.9. The van der Waals surface area contributed by atoms with E-state index in [1.807, 2.05) is 6.07 Å². The van der Waals surface area contributed by atoms with Crippen LogP contribution < -0.4 is 9.62 Å². The van der Waals surface area contributed by atoms with E-state index in [9.17, 15) is 26.4 Å². The normalized spacial score (nSPS) is 12.7. The van der Waals surface area contributed by atoms with Crippen molar-refractivity contribution >= 4 is 21.6 Å². The Morgan fingerprint density at radius 3 is 2.21 bits per heavy atom. The number of amides is 1. The van der Waals surface area contributed by atoms with Gasteiger partial charge in [0, 0.05) is 0 Å². The van der Waals surface area contributed by atoms with Crippen molar-refractivity contribution in [3.05, 3.63) is 60.2 Å². The standard InChI is InChI=1S/C18H16F3N3O3S/c1-13(17(25)23-12-18(19,20)21)24(15-5-3-2-4-6-15)28(26,27)16-9-7-14(11-22)8-10-16/h2-10,13H,12H2,1H3,(H,23,25). The number of nitrogens with zero attached hydrogens (tertiary/aromatic N) is 2. The van der Waals surface area contributed by atoms with E-state index >= 15 is 0 Å². The first-order chi connectivity index (χ1) is 13.1. The van der Waals surface area contributed by atoms with Crippen molar-refractivity contribution in [3.8, 4) is 6.07 Å². The average Bonchev–Trinajstić information content (AvgIpc) is 2.66. The van der Waals surface area contributed by atoms with Gasteiger partial charge in [-0.05, 0) is 43.3 Å². The van der Waals surface area contributed by atoms with Gasteiger partial charge in [-0.25, -0.2) is 8.42 Å². The molecule has 6 nitrogen and oxygen atoms in total. The van der Waals surface area contributed by atoms with E-state index in [1.165, 1.54) is 55.5 Å². The average molecular weight is 411 g/mol. The van der Waals surface area contributed by atoms with Gasteiger partial charge in [-0.2, -0.15) is 18.4 Å². The molecule has 0 radical (unpaired) electrons. The number of hydrogen-bond acceptors (Lipinski definition) is 4. The third-order valence-corrected chi connectivity index (χ3v) is 5.66. The van der Waals surface area contributed by atoms with Crippen molar-refractivity contribution in [3.63, 3.8) is 0 Å². The van der Waals surface area contributed by atoms with Crippen LogP contribution in [0.4, 0.5) is 18.9 Å². The topological polar surface area (TPSA) is 90.3 Å². The second-order valence-corrected chi connectivity index (χ2v) is 7.60. The Morgan fingerprint density at radius 2 is 1.71 bits per heavy atom. The number of hydrogen-bond donors (Lipinski definition) is 1. The lowest BCUT2D eigenvalue weighted by molar-refractivity contribution is -0.138. The smallest absolute Gasteiger partial charge is 0.345 e. The first-order valence-corrected chi connectivity index (χ1v) is 9.44. The number of alkyl halides is 3. The summed E-state index contributed by atoms with van der Waals surface area (Å²) >= 11 is 0. The maximum atomic E-state index is 13.1. The third kappa shape index (κ3) is 5.01. The fourth-order valence-electron chi connectivity index (χ4n) is 2.40. The van der Waals surface area contributed by atoms with E-state index in [0.29, 0.717) is 0 Å². The molecule has 0 saturated heterocycles. The van der Waals surface area contributed by atoms with Crippen molar-refractivity contribution in [2.24, 2.45) is 0 Å². The van der Waals surface area contributed by atoms with Crippen LogP contribution in [0.2, 0.25) is 0 Å². The minimum atomic E-state index is -4.63. The summed E-state index contributed by atoms with van der Waals surface area (Å²) in [5, 5.41) is 10.6. The molecule has 1 N–H and O–H groups in total. The van der Waals surface area contributed by atoms with Crippen LogP contribution in [-0.2, 0) is 14.8 Å². The Hall–Kier alpha value is -3.06. The molecule has 2 aromatic rings. The highest BCUT2D eigenvalue weighted by molar-refractivity contribution is 7.92.